The standard InChI is InChI=1S/C12H23NO2/c1-6-15-12(14)8-7-9-13(5)11(4)10(2)3/h7-8,10-11H,6,9H2,1-5H3/b8-7+. The van der Waals surface area contributed by atoms with Crippen LogP contribution in [-0.4, -0.2) is 37.1 Å². The number of hydrogen-bond donors (Lipinski definition) is 0. The van der Waals surface area contributed by atoms with Crippen LogP contribution < -0.4 is 0 Å². The third kappa shape index (κ3) is 6.28. The lowest BCUT2D eigenvalue weighted by molar-refractivity contribution is -0.137. The normalized spacial score (nSPS) is 13.8. The number of carbonyl (C=O) groups excluding carboxylic acids is 1. The van der Waals surface area contributed by atoms with E-state index in [2.05, 4.69) is 32.7 Å². The van der Waals surface area contributed by atoms with Gasteiger partial charge in [-0.25, -0.2) is 4.79 Å². The second-order valence-electron chi connectivity index (χ2n) is 4.08. The summed E-state index contributed by atoms with van der Waals surface area (Å²) in [5, 5.41) is 0. The monoisotopic (exact) mass is 213 g/mol. The smallest absolute Gasteiger partial charge is 0.330 e. The first kappa shape index (κ1) is 14.2. The van der Waals surface area contributed by atoms with Gasteiger partial charge in [0.25, 0.3) is 0 Å². The molecule has 0 amide bonds. The molecule has 3 nitrogen and oxygen atoms in total. The quantitative estimate of drug-likeness (QED) is 0.500. The second kappa shape index (κ2) is 7.46. The van der Waals surface area contributed by atoms with Crippen LogP contribution in [0, 0.1) is 5.92 Å². The highest BCUT2D eigenvalue weighted by Crippen LogP contribution is 2.07. The number of carbonyl (C=O) groups is 1. The van der Waals surface area contributed by atoms with Gasteiger partial charge < -0.3 is 4.74 Å². The van der Waals surface area contributed by atoms with Crippen LogP contribution in [0.4, 0.5) is 0 Å². The molecule has 1 unspecified atom stereocenters. The fourth-order valence-electron chi connectivity index (χ4n) is 1.18. The maximum atomic E-state index is 11.0. The molecule has 0 aliphatic heterocycles. The van der Waals surface area contributed by atoms with Crippen molar-refractivity contribution in [2.45, 2.75) is 33.7 Å². The Hall–Kier alpha value is -0.830. The average Bonchev–Trinajstić information content (AvgIpc) is 2.16. The van der Waals surface area contributed by atoms with Crippen molar-refractivity contribution in [2.24, 2.45) is 5.92 Å². The lowest BCUT2D eigenvalue weighted by Crippen LogP contribution is -2.33. The van der Waals surface area contributed by atoms with Gasteiger partial charge in [-0.2, -0.15) is 0 Å². The molecule has 0 radical (unpaired) electrons. The largest absolute Gasteiger partial charge is 0.463 e. The zero-order valence-electron chi connectivity index (χ0n) is 10.5. The molecular formula is C12H23NO2. The van der Waals surface area contributed by atoms with Crippen LogP contribution in [0.5, 0.6) is 0 Å². The lowest BCUT2D eigenvalue weighted by Gasteiger charge is -2.26. The first-order valence-corrected chi connectivity index (χ1v) is 5.52. The van der Waals surface area contributed by atoms with E-state index in [1.807, 2.05) is 6.08 Å². The molecule has 0 aromatic heterocycles. The zero-order valence-corrected chi connectivity index (χ0v) is 10.5. The maximum absolute atomic E-state index is 11.0. The van der Waals surface area contributed by atoms with Crippen molar-refractivity contribution in [3.8, 4) is 0 Å². The number of esters is 1. The SMILES string of the molecule is CCOC(=O)/C=C/CN(C)C(C)C(C)C. The Morgan fingerprint density at radius 2 is 2.00 bits per heavy atom. The van der Waals surface area contributed by atoms with Crippen molar-refractivity contribution >= 4 is 5.97 Å². The van der Waals surface area contributed by atoms with Crippen molar-refractivity contribution in [1.82, 2.24) is 4.90 Å². The fourth-order valence-corrected chi connectivity index (χ4v) is 1.18. The van der Waals surface area contributed by atoms with Crippen LogP contribution in [0.2, 0.25) is 0 Å². The summed E-state index contributed by atoms with van der Waals surface area (Å²) < 4.78 is 4.79. The topological polar surface area (TPSA) is 29.5 Å². The summed E-state index contributed by atoms with van der Waals surface area (Å²) in [5.41, 5.74) is 0. The van der Waals surface area contributed by atoms with Gasteiger partial charge in [-0.1, -0.05) is 19.9 Å². The number of hydrogen-bond acceptors (Lipinski definition) is 3. The van der Waals surface area contributed by atoms with Crippen molar-refractivity contribution in [3.63, 3.8) is 0 Å². The highest BCUT2D eigenvalue weighted by Gasteiger charge is 2.11. The molecule has 88 valence electrons. The predicted molar refractivity (Wildman–Crippen MR) is 62.7 cm³/mol. The average molecular weight is 213 g/mol. The summed E-state index contributed by atoms with van der Waals surface area (Å²) in [5.74, 6) is 0.356. The Balaban J connectivity index is 3.89. The van der Waals surface area contributed by atoms with Gasteiger partial charge >= 0.3 is 5.97 Å². The van der Waals surface area contributed by atoms with E-state index < -0.39 is 0 Å². The van der Waals surface area contributed by atoms with Crippen molar-refractivity contribution in [2.75, 3.05) is 20.2 Å². The summed E-state index contributed by atoms with van der Waals surface area (Å²) in [6, 6.07) is 0.511. The summed E-state index contributed by atoms with van der Waals surface area (Å²) in [4.78, 5) is 13.2. The highest BCUT2D eigenvalue weighted by molar-refractivity contribution is 5.81. The summed E-state index contributed by atoms with van der Waals surface area (Å²) >= 11 is 0. The Labute approximate surface area is 93.1 Å². The van der Waals surface area contributed by atoms with Crippen LogP contribution in [0.25, 0.3) is 0 Å². The maximum Gasteiger partial charge on any atom is 0.330 e. The second-order valence-corrected chi connectivity index (χ2v) is 4.08. The minimum Gasteiger partial charge on any atom is -0.463 e. The lowest BCUT2D eigenvalue weighted by atomic mass is 10.1. The first-order valence-electron chi connectivity index (χ1n) is 5.52. The van der Waals surface area contributed by atoms with Crippen molar-refractivity contribution in [1.29, 1.82) is 0 Å². The van der Waals surface area contributed by atoms with Gasteiger partial charge in [0.05, 0.1) is 6.61 Å². The van der Waals surface area contributed by atoms with E-state index in [1.165, 1.54) is 6.08 Å². The van der Waals surface area contributed by atoms with Crippen LogP contribution >= 0.6 is 0 Å². The van der Waals surface area contributed by atoms with Crippen molar-refractivity contribution in [3.05, 3.63) is 12.2 Å². The Bertz CT molecular complexity index is 212. The van der Waals surface area contributed by atoms with Gasteiger partial charge in [0.1, 0.15) is 0 Å². The zero-order chi connectivity index (χ0) is 11.8. The molecule has 0 N–H and O–H groups in total. The molecule has 0 spiro atoms. The van der Waals surface area contributed by atoms with E-state index >= 15 is 0 Å². The molecular weight excluding hydrogens is 190 g/mol. The van der Waals surface area contributed by atoms with Gasteiger partial charge in [0.15, 0.2) is 0 Å². The minimum absolute atomic E-state index is 0.261. The molecule has 0 rings (SSSR count). The number of rotatable bonds is 6. The van der Waals surface area contributed by atoms with E-state index in [0.717, 1.165) is 6.54 Å². The Kier molecular flexibility index (Phi) is 7.05. The molecule has 0 fully saturated rings. The molecule has 0 aliphatic rings. The van der Waals surface area contributed by atoms with E-state index in [0.29, 0.717) is 18.6 Å². The van der Waals surface area contributed by atoms with Gasteiger partial charge in [-0.3, -0.25) is 4.90 Å². The van der Waals surface area contributed by atoms with E-state index in [9.17, 15) is 4.79 Å². The van der Waals surface area contributed by atoms with Crippen LogP contribution in [0.15, 0.2) is 12.2 Å². The van der Waals surface area contributed by atoms with E-state index in [4.69, 9.17) is 4.74 Å². The molecule has 0 aromatic rings. The third-order valence-corrected chi connectivity index (χ3v) is 2.59. The highest BCUT2D eigenvalue weighted by atomic mass is 16.5. The molecule has 0 saturated carbocycles. The van der Waals surface area contributed by atoms with E-state index in [-0.39, 0.29) is 5.97 Å². The Morgan fingerprint density at radius 3 is 2.47 bits per heavy atom. The van der Waals surface area contributed by atoms with Gasteiger partial charge in [-0.15, -0.1) is 0 Å². The van der Waals surface area contributed by atoms with E-state index in [1.54, 1.807) is 6.92 Å². The fraction of sp³-hybridized carbons (Fsp3) is 0.750. The molecule has 3 heteroatoms. The summed E-state index contributed by atoms with van der Waals surface area (Å²) in [6.45, 7) is 9.58. The van der Waals surface area contributed by atoms with Gasteiger partial charge in [0.2, 0.25) is 0 Å². The molecule has 0 aromatic carbocycles. The molecule has 0 bridgehead atoms. The van der Waals surface area contributed by atoms with Crippen LogP contribution in [-0.2, 0) is 9.53 Å². The molecule has 15 heavy (non-hydrogen) atoms. The van der Waals surface area contributed by atoms with Crippen LogP contribution in [0.1, 0.15) is 27.7 Å². The molecule has 1 atom stereocenters. The molecule has 0 aliphatic carbocycles. The minimum atomic E-state index is -0.261. The predicted octanol–water partition coefficient (Wildman–Crippen LogP) is 2.08. The first-order chi connectivity index (χ1) is 6.99. The van der Waals surface area contributed by atoms with Gasteiger partial charge in [0, 0.05) is 18.7 Å². The number of likely N-dealkylation sites (N-methyl/N-ethyl adjacent to an activating group) is 1. The number of nitrogens with zero attached hydrogens (tertiary/aromatic N) is 1. The van der Waals surface area contributed by atoms with Crippen molar-refractivity contribution < 1.29 is 9.53 Å². The third-order valence-electron chi connectivity index (χ3n) is 2.59. The summed E-state index contributed by atoms with van der Waals surface area (Å²) in [7, 11) is 2.06. The van der Waals surface area contributed by atoms with Crippen LogP contribution in [0.3, 0.4) is 0 Å². The Morgan fingerprint density at radius 1 is 1.40 bits per heavy atom. The summed E-state index contributed by atoms with van der Waals surface area (Å²) in [6.07, 6.45) is 3.34. The molecule has 0 saturated heterocycles. The van der Waals surface area contributed by atoms with Gasteiger partial charge in [-0.05, 0) is 26.8 Å². The number of ether oxygens (including phenoxy) is 1. The molecule has 0 heterocycles.